The number of benzene rings is 4. The van der Waals surface area contributed by atoms with Crippen LogP contribution in [0.1, 0.15) is 0 Å². The Morgan fingerprint density at radius 3 is 0.806 bits per heavy atom. The van der Waals surface area contributed by atoms with E-state index in [9.17, 15) is 7.53 Å². The molecule has 4 aromatic carbocycles. The van der Waals surface area contributed by atoms with E-state index < -0.39 is 44.2 Å². The molecule has 0 atom stereocenters. The first-order valence-electron chi connectivity index (χ1n) is 9.91. The van der Waals surface area contributed by atoms with Gasteiger partial charge in [0.2, 0.25) is 0 Å². The summed E-state index contributed by atoms with van der Waals surface area (Å²) in [6, 6.07) is 44.5. The molecule has 156 valence electrons. The molecule has 0 unspecified atom stereocenters. The molecule has 31 heavy (non-hydrogen) atoms. The van der Waals surface area contributed by atoms with E-state index in [0.29, 0.717) is 0 Å². The van der Waals surface area contributed by atoms with Crippen molar-refractivity contribution < 1.29 is 7.53 Å². The van der Waals surface area contributed by atoms with Gasteiger partial charge in [0.15, 0.2) is 0 Å². The zero-order valence-electron chi connectivity index (χ0n) is 17.0. The average Bonchev–Trinajstić information content (AvgIpc) is 2.82. The van der Waals surface area contributed by atoms with Gasteiger partial charge in [-0.1, -0.05) is 0 Å². The van der Waals surface area contributed by atoms with Crippen molar-refractivity contribution in [2.75, 3.05) is 0 Å². The Bertz CT molecular complexity index is 902. The van der Waals surface area contributed by atoms with Crippen LogP contribution < -0.4 is 12.5 Å². The molecule has 0 radical (unpaired) electrons. The van der Waals surface area contributed by atoms with Crippen LogP contribution in [0, 0.1) is 0 Å². The summed E-state index contributed by atoms with van der Waals surface area (Å²) >= 11 is -9.55. The van der Waals surface area contributed by atoms with Gasteiger partial charge in [0.25, 0.3) is 0 Å². The molecule has 0 amide bonds. The van der Waals surface area contributed by atoms with E-state index in [1.54, 1.807) is 0 Å². The molecule has 0 fully saturated rings. The number of rotatable bonds is 5. The standard InChI is InChI=1S/4C6H5.C2H3.3FH.2Pb/c4*1-2-4-6-5-3-1;1-2;;;;;/h4*1-5H;1H,2H2;3*1H;;/q;;;;;;;;;+3/p-3. The molecule has 4 aromatic rings. The normalized spacial score (nSPS) is 11.2. The van der Waals surface area contributed by atoms with Crippen molar-refractivity contribution >= 4 is 56.7 Å². The van der Waals surface area contributed by atoms with Crippen molar-refractivity contribution in [3.8, 4) is 0 Å². The fourth-order valence-corrected chi connectivity index (χ4v) is 22.3. The molecule has 0 saturated heterocycles. The van der Waals surface area contributed by atoms with E-state index in [1.807, 2.05) is 0 Å². The molecule has 0 aromatic heterocycles. The van der Waals surface area contributed by atoms with Gasteiger partial charge in [0.1, 0.15) is 0 Å². The van der Waals surface area contributed by atoms with Gasteiger partial charge in [-0.05, 0) is 0 Å². The number of halogens is 3. The minimum atomic E-state index is -6.07. The second-order valence-corrected chi connectivity index (χ2v) is 27.6. The Hall–Kier alpha value is -1.75. The monoisotopic (exact) mass is 808 g/mol. The van der Waals surface area contributed by atoms with Crippen LogP contribution in [0.25, 0.3) is 0 Å². The van der Waals surface area contributed by atoms with Gasteiger partial charge in [-0.3, -0.25) is 0 Å². The fraction of sp³-hybridized carbons (Fsp3) is 0. The molecule has 0 heterocycles. The molecule has 0 N–H and O–H groups in total. The molecule has 0 aliphatic heterocycles. The Balaban J connectivity index is 0.000000401. The fourth-order valence-electron chi connectivity index (χ4n) is 3.75. The quantitative estimate of drug-likeness (QED) is 0.259. The number of hydrogen-bond acceptors (Lipinski definition) is 0. The van der Waals surface area contributed by atoms with E-state index in [-0.39, 0.29) is 3.64 Å². The van der Waals surface area contributed by atoms with Gasteiger partial charge in [-0.15, -0.1) is 0 Å². The molecule has 0 aliphatic carbocycles. The molecule has 5 heteroatoms. The maximum atomic E-state index is 10.9. The first kappa shape index (κ1) is 23.9. The summed E-state index contributed by atoms with van der Waals surface area (Å²) in [6.07, 6.45) is 0. The molecular weight excluding hydrogens is 784 g/mol. The van der Waals surface area contributed by atoms with Crippen LogP contribution >= 0.6 is 0 Å². The van der Waals surface area contributed by atoms with Gasteiger partial charge in [0.05, 0.1) is 0 Å². The van der Waals surface area contributed by atoms with Crippen LogP contribution in [-0.4, -0.2) is 44.2 Å². The Morgan fingerprint density at radius 1 is 0.452 bits per heavy atom. The van der Waals surface area contributed by atoms with E-state index in [4.69, 9.17) is 0 Å². The van der Waals surface area contributed by atoms with Crippen molar-refractivity contribution in [1.29, 1.82) is 0 Å². The minimum absolute atomic E-state index is 0.160. The summed E-state index contributed by atoms with van der Waals surface area (Å²) < 4.78 is 38.8. The van der Waals surface area contributed by atoms with Crippen molar-refractivity contribution in [3.05, 3.63) is 132 Å². The van der Waals surface area contributed by atoms with Gasteiger partial charge in [-0.25, -0.2) is 0 Å². The van der Waals surface area contributed by atoms with Crippen molar-refractivity contribution in [2.45, 2.75) is 0 Å². The van der Waals surface area contributed by atoms with Crippen LogP contribution in [0.5, 0.6) is 0 Å². The summed E-state index contributed by atoms with van der Waals surface area (Å²) in [7, 11) is 0. The first-order chi connectivity index (χ1) is 15.0. The zero-order valence-corrected chi connectivity index (χ0v) is 24.7. The summed E-state index contributed by atoms with van der Waals surface area (Å²) in [5.41, 5.74) is 0. The molecule has 4 rings (SSSR count). The van der Waals surface area contributed by atoms with E-state index in [1.165, 1.54) is 12.5 Å². The third kappa shape index (κ3) is 5.94. The summed E-state index contributed by atoms with van der Waals surface area (Å²) in [4.78, 5) is 0. The van der Waals surface area contributed by atoms with E-state index >= 15 is 0 Å². The maximum absolute atomic E-state index is 10.9. The Morgan fingerprint density at radius 2 is 0.645 bits per heavy atom. The Kier molecular flexibility index (Phi) is 8.65. The predicted molar refractivity (Wildman–Crippen MR) is 129 cm³/mol. The predicted octanol–water partition coefficient (Wildman–Crippen LogP) is 4.62. The van der Waals surface area contributed by atoms with Crippen LogP contribution in [0.15, 0.2) is 132 Å². The zero-order chi connectivity index (χ0) is 22.2. The summed E-state index contributed by atoms with van der Waals surface area (Å²) in [5, 5.41) is 0. The third-order valence-electron chi connectivity index (χ3n) is 5.06. The second kappa shape index (κ2) is 11.2. The summed E-state index contributed by atoms with van der Waals surface area (Å²) in [5.74, 6) is 0. The molecule has 0 nitrogen and oxygen atoms in total. The van der Waals surface area contributed by atoms with Crippen LogP contribution in [-0.2, 0) is 0 Å². The van der Waals surface area contributed by atoms with Gasteiger partial charge in [0, 0.05) is 0 Å². The van der Waals surface area contributed by atoms with Crippen LogP contribution in [0.2, 0.25) is 0 Å². The molecule has 0 aliphatic rings. The first-order valence-corrected chi connectivity index (χ1v) is 24.3. The van der Waals surface area contributed by atoms with Crippen LogP contribution in [0.4, 0.5) is 7.53 Å². The van der Waals surface area contributed by atoms with Crippen molar-refractivity contribution in [3.63, 3.8) is 0 Å². The molecule has 0 bridgehead atoms. The Labute approximate surface area is 194 Å². The van der Waals surface area contributed by atoms with Crippen molar-refractivity contribution in [2.24, 2.45) is 0 Å². The van der Waals surface area contributed by atoms with Gasteiger partial charge in [-0.2, -0.15) is 0 Å². The molecular formula is C26H23F3Pb2. The average molecular weight is 807 g/mol. The van der Waals surface area contributed by atoms with E-state index in [2.05, 4.69) is 128 Å². The second-order valence-electron chi connectivity index (χ2n) is 6.96. The topological polar surface area (TPSA) is 0 Å². The molecule has 0 spiro atoms. The van der Waals surface area contributed by atoms with Gasteiger partial charge >= 0.3 is 196 Å². The number of hydrogen-bond donors (Lipinski definition) is 0. The SMILES string of the molecule is C=[CH][Pb]([F])([F])[F].c1cc[c]([Pb]([c]2ccccc2)([c]2ccccc2)[c]2ccccc2)cc1. The van der Waals surface area contributed by atoms with Crippen LogP contribution in [0.3, 0.4) is 0 Å². The van der Waals surface area contributed by atoms with E-state index in [0.717, 1.165) is 0 Å². The molecule has 0 saturated carbocycles. The summed E-state index contributed by atoms with van der Waals surface area (Å²) in [6.45, 7) is 2.61. The third-order valence-corrected chi connectivity index (χ3v) is 25.5. The van der Waals surface area contributed by atoms with Gasteiger partial charge < -0.3 is 0 Å². The van der Waals surface area contributed by atoms with Crippen molar-refractivity contribution in [1.82, 2.24) is 0 Å².